The van der Waals surface area contributed by atoms with Crippen LogP contribution in [0.25, 0.3) is 0 Å². The molecule has 33 heavy (non-hydrogen) atoms. The highest BCUT2D eigenvalue weighted by Crippen LogP contribution is 2.12. The highest BCUT2D eigenvalue weighted by Gasteiger charge is 2.05. The number of carbonyl (C=O) groups is 3. The minimum atomic E-state index is -1.05. The minimum Gasteiger partial charge on any atom is -0.482 e. The molecule has 0 aliphatic heterocycles. The molecule has 2 amide bonds. The van der Waals surface area contributed by atoms with Gasteiger partial charge in [-0.3, -0.25) is 9.59 Å². The second kappa shape index (κ2) is 18.7. The van der Waals surface area contributed by atoms with Crippen LogP contribution in [0, 0.1) is 0 Å². The van der Waals surface area contributed by atoms with Gasteiger partial charge in [-0.05, 0) is 36.2 Å². The molecule has 184 valence electrons. The lowest BCUT2D eigenvalue weighted by Crippen LogP contribution is -2.34. The zero-order valence-electron chi connectivity index (χ0n) is 19.8. The first-order valence-corrected chi connectivity index (χ1v) is 12.0. The molecule has 0 heterocycles. The Labute approximate surface area is 197 Å². The van der Waals surface area contributed by atoms with E-state index < -0.39 is 18.5 Å². The van der Waals surface area contributed by atoms with Gasteiger partial charge in [0.05, 0.1) is 12.8 Å². The molecule has 3 N–H and O–H groups in total. The first-order chi connectivity index (χ1) is 16.0. The second-order valence-corrected chi connectivity index (χ2v) is 8.11. The van der Waals surface area contributed by atoms with Crippen LogP contribution in [0.2, 0.25) is 0 Å². The molecule has 0 aliphatic rings. The molecule has 1 rings (SSSR count). The summed E-state index contributed by atoms with van der Waals surface area (Å²) in [5.74, 6) is -1.14. The number of carboxylic acid groups (broad SMARTS) is 1. The quantitative estimate of drug-likeness (QED) is 0.160. The fourth-order valence-electron chi connectivity index (χ4n) is 3.23. The summed E-state index contributed by atoms with van der Waals surface area (Å²) in [6.45, 7) is 1.71. The first-order valence-electron chi connectivity index (χ1n) is 12.0. The summed E-state index contributed by atoms with van der Waals surface area (Å²) in [7, 11) is 0. The number of aliphatic carboxylic acids is 1. The lowest BCUT2D eigenvalue weighted by Gasteiger charge is -2.05. The largest absolute Gasteiger partial charge is 0.482 e. The molecular formula is C25H39N3O5. The Morgan fingerprint density at radius 1 is 0.879 bits per heavy atom. The predicted octanol–water partition coefficient (Wildman–Crippen LogP) is 4.42. The van der Waals surface area contributed by atoms with E-state index in [1.54, 1.807) is 24.3 Å². The van der Waals surface area contributed by atoms with E-state index in [1.807, 2.05) is 0 Å². The predicted molar refractivity (Wildman–Crippen MR) is 129 cm³/mol. The van der Waals surface area contributed by atoms with Crippen molar-refractivity contribution in [3.05, 3.63) is 29.8 Å². The van der Waals surface area contributed by atoms with Crippen LogP contribution in [-0.2, 0) is 14.4 Å². The van der Waals surface area contributed by atoms with E-state index >= 15 is 0 Å². The summed E-state index contributed by atoms with van der Waals surface area (Å²) in [5.41, 5.74) is 3.07. The van der Waals surface area contributed by atoms with Crippen LogP contribution >= 0.6 is 0 Å². The van der Waals surface area contributed by atoms with Crippen LogP contribution in [0.15, 0.2) is 29.4 Å². The summed E-state index contributed by atoms with van der Waals surface area (Å²) in [5, 5.41) is 15.0. The van der Waals surface area contributed by atoms with E-state index in [0.717, 1.165) is 19.3 Å². The Bertz CT molecular complexity index is 719. The number of benzene rings is 1. The van der Waals surface area contributed by atoms with Crippen molar-refractivity contribution < 1.29 is 24.2 Å². The molecule has 0 unspecified atom stereocenters. The van der Waals surface area contributed by atoms with Gasteiger partial charge in [-0.2, -0.15) is 5.10 Å². The zero-order valence-corrected chi connectivity index (χ0v) is 19.8. The molecule has 8 nitrogen and oxygen atoms in total. The number of hydrogen-bond donors (Lipinski definition) is 3. The third kappa shape index (κ3) is 16.4. The lowest BCUT2D eigenvalue weighted by atomic mass is 10.1. The molecule has 0 saturated heterocycles. The Morgan fingerprint density at radius 3 is 2.03 bits per heavy atom. The number of ether oxygens (including phenoxy) is 1. The smallest absolute Gasteiger partial charge is 0.341 e. The molecule has 0 fully saturated rings. The van der Waals surface area contributed by atoms with E-state index in [9.17, 15) is 14.4 Å². The van der Waals surface area contributed by atoms with Gasteiger partial charge in [0.2, 0.25) is 5.91 Å². The number of hydrazone groups is 1. The van der Waals surface area contributed by atoms with Gasteiger partial charge in [0.15, 0.2) is 6.61 Å². The van der Waals surface area contributed by atoms with Crippen LogP contribution in [0.4, 0.5) is 0 Å². The standard InChI is InChI=1S/C25H39N3O5/c1-2-3-4-5-6-7-8-9-10-11-12-13-23(29)26-19-24(30)28-27-18-21-14-16-22(17-15-21)33-20-25(31)32/h14-18H,2-13,19-20H2,1H3,(H,26,29)(H,28,30)(H,31,32)/b27-18-. The van der Waals surface area contributed by atoms with Crippen molar-refractivity contribution in [3.63, 3.8) is 0 Å². The van der Waals surface area contributed by atoms with Crippen molar-refractivity contribution in [3.8, 4) is 5.75 Å². The van der Waals surface area contributed by atoms with Gasteiger partial charge >= 0.3 is 5.97 Å². The van der Waals surface area contributed by atoms with Crippen LogP contribution in [-0.4, -0.2) is 42.3 Å². The number of carbonyl (C=O) groups excluding carboxylic acids is 2. The van der Waals surface area contributed by atoms with Gasteiger partial charge in [-0.1, -0.05) is 71.1 Å². The number of nitrogens with zero attached hydrogens (tertiary/aromatic N) is 1. The van der Waals surface area contributed by atoms with Gasteiger partial charge in [-0.15, -0.1) is 0 Å². The summed E-state index contributed by atoms with van der Waals surface area (Å²) < 4.78 is 5.04. The maximum absolute atomic E-state index is 11.9. The average Bonchev–Trinajstić information content (AvgIpc) is 2.80. The van der Waals surface area contributed by atoms with E-state index in [2.05, 4.69) is 22.8 Å². The van der Waals surface area contributed by atoms with Crippen molar-refractivity contribution >= 4 is 24.0 Å². The van der Waals surface area contributed by atoms with Crippen LogP contribution in [0.5, 0.6) is 5.75 Å². The Kier molecular flexibility index (Phi) is 15.9. The van der Waals surface area contributed by atoms with Gasteiger partial charge in [0, 0.05) is 6.42 Å². The molecule has 0 bridgehead atoms. The first kappa shape index (κ1) is 28.1. The van der Waals surface area contributed by atoms with Crippen LogP contribution < -0.4 is 15.5 Å². The average molecular weight is 462 g/mol. The third-order valence-corrected chi connectivity index (χ3v) is 5.10. The number of hydrogen-bond acceptors (Lipinski definition) is 5. The van der Waals surface area contributed by atoms with E-state index in [0.29, 0.717) is 17.7 Å². The molecule has 0 aromatic heterocycles. The maximum Gasteiger partial charge on any atom is 0.341 e. The molecule has 1 aromatic carbocycles. The SMILES string of the molecule is CCCCCCCCCCCCCC(=O)NCC(=O)N/N=C\c1ccc(OCC(=O)O)cc1. The van der Waals surface area contributed by atoms with Crippen LogP contribution in [0.3, 0.4) is 0 Å². The Balaban J connectivity index is 2.03. The van der Waals surface area contributed by atoms with Crippen molar-refractivity contribution in [1.82, 2.24) is 10.7 Å². The molecule has 0 atom stereocenters. The van der Waals surface area contributed by atoms with Gasteiger partial charge in [-0.25, -0.2) is 10.2 Å². The molecule has 0 saturated carbocycles. The number of rotatable bonds is 19. The summed E-state index contributed by atoms with van der Waals surface area (Å²) in [6.07, 6.45) is 15.4. The number of nitrogens with one attached hydrogen (secondary N) is 2. The molecule has 0 aliphatic carbocycles. The zero-order chi connectivity index (χ0) is 24.2. The number of amides is 2. The molecule has 8 heteroatoms. The number of carboxylic acids is 1. The van der Waals surface area contributed by atoms with Gasteiger partial charge in [0.25, 0.3) is 5.91 Å². The van der Waals surface area contributed by atoms with Crippen molar-refractivity contribution in [2.75, 3.05) is 13.2 Å². The van der Waals surface area contributed by atoms with E-state index in [1.165, 1.54) is 57.6 Å². The second-order valence-electron chi connectivity index (χ2n) is 8.11. The summed E-state index contributed by atoms with van der Waals surface area (Å²) >= 11 is 0. The fourth-order valence-corrected chi connectivity index (χ4v) is 3.23. The summed E-state index contributed by atoms with van der Waals surface area (Å²) in [6, 6.07) is 6.59. The molecular weight excluding hydrogens is 422 g/mol. The van der Waals surface area contributed by atoms with Crippen molar-refractivity contribution in [1.29, 1.82) is 0 Å². The maximum atomic E-state index is 11.9. The Morgan fingerprint density at radius 2 is 1.45 bits per heavy atom. The van der Waals surface area contributed by atoms with Crippen molar-refractivity contribution in [2.45, 2.75) is 84.0 Å². The molecule has 0 spiro atoms. The fraction of sp³-hybridized carbons (Fsp3) is 0.600. The van der Waals surface area contributed by atoms with Crippen LogP contribution in [0.1, 0.15) is 89.5 Å². The monoisotopic (exact) mass is 461 g/mol. The van der Waals surface area contributed by atoms with Gasteiger partial charge < -0.3 is 15.2 Å². The normalized spacial score (nSPS) is 10.8. The number of unbranched alkanes of at least 4 members (excludes halogenated alkanes) is 10. The van der Waals surface area contributed by atoms with E-state index in [4.69, 9.17) is 9.84 Å². The molecule has 1 aromatic rings. The topological polar surface area (TPSA) is 117 Å². The lowest BCUT2D eigenvalue weighted by molar-refractivity contribution is -0.139. The molecule has 0 radical (unpaired) electrons. The highest BCUT2D eigenvalue weighted by molar-refractivity contribution is 5.86. The van der Waals surface area contributed by atoms with E-state index in [-0.39, 0.29) is 12.5 Å². The van der Waals surface area contributed by atoms with Crippen molar-refractivity contribution in [2.24, 2.45) is 5.10 Å². The van der Waals surface area contributed by atoms with Gasteiger partial charge in [0.1, 0.15) is 5.75 Å². The minimum absolute atomic E-state index is 0.115. The highest BCUT2D eigenvalue weighted by atomic mass is 16.5. The summed E-state index contributed by atoms with van der Waals surface area (Å²) in [4.78, 5) is 34.1. The Hall–Kier alpha value is -2.90. The third-order valence-electron chi connectivity index (χ3n) is 5.10.